The van der Waals surface area contributed by atoms with Crippen molar-refractivity contribution in [2.45, 2.75) is 6.10 Å². The first-order chi connectivity index (χ1) is 8.70. The molecular formula is C11H18N4O3. The zero-order valence-corrected chi connectivity index (χ0v) is 10.6. The van der Waals surface area contributed by atoms with Crippen LogP contribution in [0.25, 0.3) is 0 Å². The zero-order valence-electron chi connectivity index (χ0n) is 10.6. The van der Waals surface area contributed by atoms with Gasteiger partial charge in [-0.15, -0.1) is 0 Å². The van der Waals surface area contributed by atoms with E-state index in [0.717, 1.165) is 19.7 Å². The minimum Gasteiger partial charge on any atom is -0.489 e. The molecule has 1 atom stereocenters. The van der Waals surface area contributed by atoms with E-state index in [1.807, 2.05) is 0 Å². The molecule has 2 N–H and O–H groups in total. The van der Waals surface area contributed by atoms with Crippen LogP contribution in [0.2, 0.25) is 0 Å². The molecule has 7 nitrogen and oxygen atoms in total. The first kappa shape index (κ1) is 12.8. The Hall–Kier alpha value is -1.60. The standard InChI is InChI=1S/C11H18N4O3/c1-15-3-4-18-8(6-15)5-12-10-9(17-2)11(16)14-7-13-10/h7-8H,3-6H2,1-2H3,(H2,12,13,14,16). The lowest BCUT2D eigenvalue weighted by Crippen LogP contribution is -2.43. The zero-order chi connectivity index (χ0) is 13.0. The van der Waals surface area contributed by atoms with E-state index in [1.54, 1.807) is 0 Å². The fourth-order valence-electron chi connectivity index (χ4n) is 1.90. The Morgan fingerprint density at radius 2 is 2.56 bits per heavy atom. The van der Waals surface area contributed by atoms with Crippen molar-refractivity contribution >= 4 is 5.82 Å². The summed E-state index contributed by atoms with van der Waals surface area (Å²) in [6, 6.07) is 0. The summed E-state index contributed by atoms with van der Waals surface area (Å²) in [5, 5.41) is 3.09. The van der Waals surface area contributed by atoms with Crippen LogP contribution in [0.1, 0.15) is 0 Å². The molecule has 0 saturated carbocycles. The van der Waals surface area contributed by atoms with E-state index in [-0.39, 0.29) is 17.4 Å². The molecule has 1 aromatic rings. The number of ether oxygens (including phenoxy) is 2. The lowest BCUT2D eigenvalue weighted by atomic mass is 10.3. The number of methoxy groups -OCH3 is 1. The maximum atomic E-state index is 11.5. The van der Waals surface area contributed by atoms with Crippen molar-refractivity contribution in [3.05, 3.63) is 16.7 Å². The van der Waals surface area contributed by atoms with E-state index >= 15 is 0 Å². The number of aromatic amines is 1. The van der Waals surface area contributed by atoms with Gasteiger partial charge in [-0.25, -0.2) is 4.98 Å². The third-order valence-corrected chi connectivity index (χ3v) is 2.85. The molecule has 0 radical (unpaired) electrons. The summed E-state index contributed by atoms with van der Waals surface area (Å²) in [5.74, 6) is 0.639. The van der Waals surface area contributed by atoms with Gasteiger partial charge in [-0.05, 0) is 7.05 Å². The molecule has 0 bridgehead atoms. The van der Waals surface area contributed by atoms with Gasteiger partial charge in [-0.1, -0.05) is 0 Å². The summed E-state index contributed by atoms with van der Waals surface area (Å²) >= 11 is 0. The number of aromatic nitrogens is 2. The molecule has 100 valence electrons. The number of likely N-dealkylation sites (N-methyl/N-ethyl adjacent to an activating group) is 1. The first-order valence-corrected chi connectivity index (χ1v) is 5.86. The molecule has 7 heteroatoms. The Morgan fingerprint density at radius 1 is 1.72 bits per heavy atom. The van der Waals surface area contributed by atoms with Crippen molar-refractivity contribution in [3.8, 4) is 5.75 Å². The fraction of sp³-hybridized carbons (Fsp3) is 0.636. The number of anilines is 1. The highest BCUT2D eigenvalue weighted by Gasteiger charge is 2.18. The summed E-state index contributed by atoms with van der Waals surface area (Å²) in [7, 11) is 3.50. The van der Waals surface area contributed by atoms with Crippen LogP contribution in [-0.2, 0) is 4.74 Å². The summed E-state index contributed by atoms with van der Waals surface area (Å²) in [6.07, 6.45) is 1.44. The number of rotatable bonds is 4. The summed E-state index contributed by atoms with van der Waals surface area (Å²) in [5.41, 5.74) is -0.295. The third kappa shape index (κ3) is 2.99. The molecule has 0 spiro atoms. The van der Waals surface area contributed by atoms with Gasteiger partial charge in [0.25, 0.3) is 5.56 Å². The van der Waals surface area contributed by atoms with E-state index in [4.69, 9.17) is 9.47 Å². The molecule has 0 aliphatic carbocycles. The highest BCUT2D eigenvalue weighted by atomic mass is 16.5. The molecule has 1 aromatic heterocycles. The average molecular weight is 254 g/mol. The van der Waals surface area contributed by atoms with Gasteiger partial charge in [0.2, 0.25) is 5.75 Å². The van der Waals surface area contributed by atoms with Crippen molar-refractivity contribution in [2.75, 3.05) is 45.7 Å². The molecule has 0 amide bonds. The Bertz CT molecular complexity index is 448. The Labute approximate surface area is 105 Å². The smallest absolute Gasteiger partial charge is 0.295 e. The Balaban J connectivity index is 1.97. The van der Waals surface area contributed by atoms with Crippen LogP contribution >= 0.6 is 0 Å². The van der Waals surface area contributed by atoms with Gasteiger partial charge in [-0.2, -0.15) is 0 Å². The third-order valence-electron chi connectivity index (χ3n) is 2.85. The molecule has 1 unspecified atom stereocenters. The average Bonchev–Trinajstić information content (AvgIpc) is 2.36. The van der Waals surface area contributed by atoms with E-state index in [0.29, 0.717) is 12.4 Å². The lowest BCUT2D eigenvalue weighted by molar-refractivity contribution is -0.0117. The second kappa shape index (κ2) is 5.83. The molecule has 2 rings (SSSR count). The van der Waals surface area contributed by atoms with Gasteiger partial charge in [0.05, 0.1) is 26.1 Å². The van der Waals surface area contributed by atoms with Gasteiger partial charge in [0.15, 0.2) is 5.82 Å². The summed E-state index contributed by atoms with van der Waals surface area (Å²) in [6.45, 7) is 3.13. The van der Waals surface area contributed by atoms with Gasteiger partial charge in [-0.3, -0.25) is 4.79 Å². The second-order valence-corrected chi connectivity index (χ2v) is 4.25. The lowest BCUT2D eigenvalue weighted by Gasteiger charge is -2.30. The Kier molecular flexibility index (Phi) is 4.16. The molecule has 1 saturated heterocycles. The van der Waals surface area contributed by atoms with Crippen molar-refractivity contribution in [2.24, 2.45) is 0 Å². The normalized spacial score (nSPS) is 20.7. The molecule has 1 aliphatic heterocycles. The highest BCUT2D eigenvalue weighted by Crippen LogP contribution is 2.14. The number of nitrogens with zero attached hydrogens (tertiary/aromatic N) is 2. The van der Waals surface area contributed by atoms with Crippen LogP contribution in [0, 0.1) is 0 Å². The van der Waals surface area contributed by atoms with Crippen LogP contribution < -0.4 is 15.6 Å². The monoisotopic (exact) mass is 254 g/mol. The molecule has 0 aromatic carbocycles. The number of hydrogen-bond donors (Lipinski definition) is 2. The van der Waals surface area contributed by atoms with Gasteiger partial charge >= 0.3 is 0 Å². The van der Waals surface area contributed by atoms with Gasteiger partial charge in [0.1, 0.15) is 0 Å². The largest absolute Gasteiger partial charge is 0.489 e. The molecular weight excluding hydrogens is 236 g/mol. The first-order valence-electron chi connectivity index (χ1n) is 5.86. The maximum Gasteiger partial charge on any atom is 0.295 e. The maximum absolute atomic E-state index is 11.5. The van der Waals surface area contributed by atoms with Gasteiger partial charge < -0.3 is 24.7 Å². The van der Waals surface area contributed by atoms with Crippen LogP contribution in [0.4, 0.5) is 5.82 Å². The fourth-order valence-corrected chi connectivity index (χ4v) is 1.90. The minimum atomic E-state index is -0.295. The highest BCUT2D eigenvalue weighted by molar-refractivity contribution is 5.47. The topological polar surface area (TPSA) is 79.5 Å². The van der Waals surface area contributed by atoms with E-state index < -0.39 is 0 Å². The predicted molar refractivity (Wildman–Crippen MR) is 67.1 cm³/mol. The number of H-pyrrole nitrogens is 1. The predicted octanol–water partition coefficient (Wildman–Crippen LogP) is -0.479. The van der Waals surface area contributed by atoms with Crippen LogP contribution in [0.5, 0.6) is 5.75 Å². The van der Waals surface area contributed by atoms with Crippen molar-refractivity contribution in [3.63, 3.8) is 0 Å². The minimum absolute atomic E-state index is 0.0922. The van der Waals surface area contributed by atoms with Crippen molar-refractivity contribution < 1.29 is 9.47 Å². The van der Waals surface area contributed by atoms with Crippen LogP contribution in [0.15, 0.2) is 11.1 Å². The SMILES string of the molecule is COc1c(NCC2CN(C)CCO2)nc[nH]c1=O. The van der Waals surface area contributed by atoms with Crippen LogP contribution in [0.3, 0.4) is 0 Å². The molecule has 2 heterocycles. The van der Waals surface area contributed by atoms with Crippen molar-refractivity contribution in [1.82, 2.24) is 14.9 Å². The summed E-state index contributed by atoms with van der Waals surface area (Å²) in [4.78, 5) is 20.2. The van der Waals surface area contributed by atoms with E-state index in [9.17, 15) is 4.79 Å². The van der Waals surface area contributed by atoms with Crippen molar-refractivity contribution in [1.29, 1.82) is 0 Å². The number of morpholine rings is 1. The molecule has 1 aliphatic rings. The molecule has 1 fully saturated rings. The summed E-state index contributed by atoms with van der Waals surface area (Å²) < 4.78 is 10.6. The number of nitrogens with one attached hydrogen (secondary N) is 2. The second-order valence-electron chi connectivity index (χ2n) is 4.25. The number of hydrogen-bond acceptors (Lipinski definition) is 6. The van der Waals surface area contributed by atoms with E-state index in [1.165, 1.54) is 13.4 Å². The van der Waals surface area contributed by atoms with E-state index in [2.05, 4.69) is 27.2 Å². The quantitative estimate of drug-likeness (QED) is 0.755. The molecule has 18 heavy (non-hydrogen) atoms. The Morgan fingerprint density at radius 3 is 3.28 bits per heavy atom. The van der Waals surface area contributed by atoms with Crippen LogP contribution in [-0.4, -0.2) is 61.4 Å². The van der Waals surface area contributed by atoms with Gasteiger partial charge in [0, 0.05) is 19.6 Å².